The normalized spacial score (nSPS) is 11.3. The number of furan rings is 1. The zero-order valence-corrected chi connectivity index (χ0v) is 11.8. The van der Waals surface area contributed by atoms with Gasteiger partial charge in [0.2, 0.25) is 0 Å². The molecular weight excluding hydrogens is 282 g/mol. The molecule has 0 amide bonds. The van der Waals surface area contributed by atoms with Crippen LogP contribution >= 0.6 is 0 Å². The van der Waals surface area contributed by atoms with E-state index in [4.69, 9.17) is 4.42 Å². The highest BCUT2D eigenvalue weighted by atomic mass is 16.3. The van der Waals surface area contributed by atoms with Crippen LogP contribution in [0.2, 0.25) is 0 Å². The van der Waals surface area contributed by atoms with E-state index in [1.165, 1.54) is 23.0 Å². The van der Waals surface area contributed by atoms with Gasteiger partial charge in [-0.1, -0.05) is 12.1 Å². The number of allylic oxidation sites excluding steroid dienone is 1. The molecule has 0 aliphatic carbocycles. The minimum atomic E-state index is -0.569. The lowest BCUT2D eigenvalue weighted by Gasteiger charge is -2.09. The van der Waals surface area contributed by atoms with Gasteiger partial charge in [0.15, 0.2) is 5.78 Å². The van der Waals surface area contributed by atoms with Gasteiger partial charge < -0.3 is 14.1 Å². The molecule has 1 N–H and O–H groups in total. The number of aromatic hydroxyl groups is 1. The molecule has 0 radical (unpaired) electrons. The standard InChI is InChI=1S/C17H13NO4/c1-18-13-7-3-2-6-12(13)16(20)15(17(18)21)14(19)9-8-11-5-4-10-22-11/h2-10,20H,1H3/b9-8+. The van der Waals surface area contributed by atoms with Gasteiger partial charge >= 0.3 is 0 Å². The molecule has 0 aliphatic rings. The van der Waals surface area contributed by atoms with E-state index < -0.39 is 11.3 Å². The molecule has 5 nitrogen and oxygen atoms in total. The van der Waals surface area contributed by atoms with E-state index in [2.05, 4.69) is 0 Å². The maximum atomic E-state index is 12.3. The topological polar surface area (TPSA) is 72.4 Å². The molecule has 0 atom stereocenters. The number of nitrogens with zero attached hydrogens (tertiary/aromatic N) is 1. The van der Waals surface area contributed by atoms with Gasteiger partial charge in [0.05, 0.1) is 11.8 Å². The number of carbonyl (C=O) groups excluding carboxylic acids is 1. The summed E-state index contributed by atoms with van der Waals surface area (Å²) in [5.41, 5.74) is -0.217. The highest BCUT2D eigenvalue weighted by molar-refractivity contribution is 6.11. The summed E-state index contributed by atoms with van der Waals surface area (Å²) in [5, 5.41) is 10.7. The van der Waals surface area contributed by atoms with Crippen LogP contribution in [-0.4, -0.2) is 15.5 Å². The highest BCUT2D eigenvalue weighted by Crippen LogP contribution is 2.26. The van der Waals surface area contributed by atoms with Crippen molar-refractivity contribution >= 4 is 22.8 Å². The molecule has 3 aromatic rings. The van der Waals surface area contributed by atoms with E-state index in [1.54, 1.807) is 43.4 Å². The minimum absolute atomic E-state index is 0.246. The van der Waals surface area contributed by atoms with Crippen molar-refractivity contribution in [1.82, 2.24) is 4.57 Å². The lowest BCUT2D eigenvalue weighted by molar-refractivity contribution is 0.104. The summed E-state index contributed by atoms with van der Waals surface area (Å²) in [4.78, 5) is 24.6. The molecule has 2 aromatic heterocycles. The number of fused-ring (bicyclic) bond motifs is 1. The third-order valence-electron chi connectivity index (χ3n) is 3.46. The second-order valence-electron chi connectivity index (χ2n) is 4.82. The van der Waals surface area contributed by atoms with Crippen LogP contribution < -0.4 is 5.56 Å². The van der Waals surface area contributed by atoms with Gasteiger partial charge in [0.1, 0.15) is 17.1 Å². The first kappa shape index (κ1) is 13.9. The summed E-state index contributed by atoms with van der Waals surface area (Å²) in [5.74, 6) is -0.376. The number of pyridine rings is 1. The number of hydrogen-bond donors (Lipinski definition) is 1. The molecule has 110 valence electrons. The summed E-state index contributed by atoms with van der Waals surface area (Å²) < 4.78 is 6.44. The number of benzene rings is 1. The number of aryl methyl sites for hydroxylation is 1. The van der Waals surface area contributed by atoms with Gasteiger partial charge in [-0.15, -0.1) is 0 Å². The molecule has 22 heavy (non-hydrogen) atoms. The van der Waals surface area contributed by atoms with E-state index in [1.807, 2.05) is 0 Å². The van der Waals surface area contributed by atoms with Crippen LogP contribution in [0.3, 0.4) is 0 Å². The predicted molar refractivity (Wildman–Crippen MR) is 82.9 cm³/mol. The molecule has 3 rings (SSSR count). The molecule has 2 heterocycles. The van der Waals surface area contributed by atoms with Crippen LogP contribution in [0.5, 0.6) is 5.75 Å². The van der Waals surface area contributed by atoms with E-state index >= 15 is 0 Å². The molecular formula is C17H13NO4. The number of aromatic nitrogens is 1. The Hall–Kier alpha value is -3.08. The summed E-state index contributed by atoms with van der Waals surface area (Å²) in [7, 11) is 1.57. The average molecular weight is 295 g/mol. The van der Waals surface area contributed by atoms with Crippen molar-refractivity contribution in [1.29, 1.82) is 0 Å². The minimum Gasteiger partial charge on any atom is -0.506 e. The van der Waals surface area contributed by atoms with Crippen molar-refractivity contribution in [2.24, 2.45) is 7.05 Å². The van der Waals surface area contributed by atoms with Crippen LogP contribution in [0.25, 0.3) is 17.0 Å². The van der Waals surface area contributed by atoms with Crippen LogP contribution in [0.4, 0.5) is 0 Å². The zero-order valence-electron chi connectivity index (χ0n) is 11.8. The fraction of sp³-hybridized carbons (Fsp3) is 0.0588. The summed E-state index contributed by atoms with van der Waals surface area (Å²) >= 11 is 0. The maximum absolute atomic E-state index is 12.3. The first-order chi connectivity index (χ1) is 10.6. The Balaban J connectivity index is 2.15. The third-order valence-corrected chi connectivity index (χ3v) is 3.46. The van der Waals surface area contributed by atoms with Crippen LogP contribution in [-0.2, 0) is 7.05 Å². The lowest BCUT2D eigenvalue weighted by Crippen LogP contribution is -2.24. The SMILES string of the molecule is Cn1c(=O)c(C(=O)/C=C/c2ccco2)c(O)c2ccccc21. The Bertz CT molecular complexity index is 933. The van der Waals surface area contributed by atoms with Gasteiger partial charge in [-0.2, -0.15) is 0 Å². The van der Waals surface area contributed by atoms with Crippen molar-refractivity contribution in [3.8, 4) is 5.75 Å². The van der Waals surface area contributed by atoms with E-state index in [0.717, 1.165) is 0 Å². The van der Waals surface area contributed by atoms with Gasteiger partial charge in [-0.25, -0.2) is 0 Å². The van der Waals surface area contributed by atoms with Crippen molar-refractivity contribution < 1.29 is 14.3 Å². The third kappa shape index (κ3) is 2.22. The largest absolute Gasteiger partial charge is 0.506 e. The Morgan fingerprint density at radius 2 is 2.00 bits per heavy atom. The van der Waals surface area contributed by atoms with Crippen LogP contribution in [0.1, 0.15) is 16.1 Å². The van der Waals surface area contributed by atoms with Gasteiger partial charge in [-0.3, -0.25) is 9.59 Å². The molecule has 0 spiro atoms. The number of hydrogen-bond acceptors (Lipinski definition) is 4. The molecule has 5 heteroatoms. The Labute approximate surface area is 125 Å². The first-order valence-electron chi connectivity index (χ1n) is 6.66. The lowest BCUT2D eigenvalue weighted by atomic mass is 10.1. The first-order valence-corrected chi connectivity index (χ1v) is 6.66. The van der Waals surface area contributed by atoms with E-state index in [0.29, 0.717) is 16.7 Å². The van der Waals surface area contributed by atoms with Crippen molar-refractivity contribution in [2.45, 2.75) is 0 Å². The zero-order chi connectivity index (χ0) is 15.7. The molecule has 0 bridgehead atoms. The van der Waals surface area contributed by atoms with Crippen molar-refractivity contribution in [3.63, 3.8) is 0 Å². The van der Waals surface area contributed by atoms with Crippen LogP contribution in [0.15, 0.2) is 57.9 Å². The Kier molecular flexibility index (Phi) is 3.39. The number of ketones is 1. The quantitative estimate of drug-likeness (QED) is 0.595. The number of para-hydroxylation sites is 1. The highest BCUT2D eigenvalue weighted by Gasteiger charge is 2.19. The van der Waals surface area contributed by atoms with Crippen LogP contribution in [0, 0.1) is 0 Å². The molecule has 1 aromatic carbocycles. The summed E-state index contributed by atoms with van der Waals surface area (Å²) in [6.07, 6.45) is 4.15. The predicted octanol–water partition coefficient (Wildman–Crippen LogP) is 2.73. The molecule has 0 fully saturated rings. The fourth-order valence-electron chi connectivity index (χ4n) is 2.33. The second kappa shape index (κ2) is 5.37. The van der Waals surface area contributed by atoms with Gasteiger partial charge in [-0.05, 0) is 36.4 Å². The average Bonchev–Trinajstić information content (AvgIpc) is 3.04. The van der Waals surface area contributed by atoms with Gasteiger partial charge in [0.25, 0.3) is 5.56 Å². The number of carbonyl (C=O) groups is 1. The maximum Gasteiger partial charge on any atom is 0.265 e. The molecule has 0 saturated carbocycles. The second-order valence-corrected chi connectivity index (χ2v) is 4.82. The summed E-state index contributed by atoms with van der Waals surface area (Å²) in [6.45, 7) is 0. The molecule has 0 aliphatic heterocycles. The van der Waals surface area contributed by atoms with E-state index in [9.17, 15) is 14.7 Å². The van der Waals surface area contributed by atoms with Crippen molar-refractivity contribution in [3.05, 3.63) is 70.4 Å². The summed E-state index contributed by atoms with van der Waals surface area (Å²) in [6, 6.07) is 10.2. The Morgan fingerprint density at radius 1 is 1.23 bits per heavy atom. The fourth-order valence-corrected chi connectivity index (χ4v) is 2.33. The van der Waals surface area contributed by atoms with Crippen molar-refractivity contribution in [2.75, 3.05) is 0 Å². The molecule has 0 unspecified atom stereocenters. The smallest absolute Gasteiger partial charge is 0.265 e. The monoisotopic (exact) mass is 295 g/mol. The van der Waals surface area contributed by atoms with E-state index in [-0.39, 0.29) is 11.3 Å². The Morgan fingerprint density at radius 3 is 2.73 bits per heavy atom. The number of rotatable bonds is 3. The molecule has 0 saturated heterocycles. The van der Waals surface area contributed by atoms with Gasteiger partial charge in [0, 0.05) is 12.4 Å².